The van der Waals surface area contributed by atoms with Crippen LogP contribution in [0.5, 0.6) is 0 Å². The first-order valence-electron chi connectivity index (χ1n) is 11.5. The summed E-state index contributed by atoms with van der Waals surface area (Å²) in [6.07, 6.45) is 1.52. The van der Waals surface area contributed by atoms with Gasteiger partial charge in [0.25, 0.3) is 0 Å². The van der Waals surface area contributed by atoms with E-state index in [0.717, 1.165) is 5.56 Å². The molecular weight excluding hydrogens is 463 g/mol. The number of aryl methyl sites for hydroxylation is 1. The first-order chi connectivity index (χ1) is 16.9. The minimum Gasteiger partial charge on any atom is -0.507 e. The van der Waals surface area contributed by atoms with Crippen molar-refractivity contribution in [3.8, 4) is 0 Å². The standard InChI is InChI=1S/C29H24ClFN2O2/c1-17-14-15-19(16-21(17)30)33-23-12-7-13-24(34)26(23)25(20-10-5-6-11-22(20)31)27(29(33)32)28(35)18-8-3-2-4-9-18/h2-6,8-11,14-16,25,32,35H,7,12-13H2,1H3/b28-27+,32-29?. The van der Waals surface area contributed by atoms with Crippen molar-refractivity contribution in [2.24, 2.45) is 0 Å². The van der Waals surface area contributed by atoms with Gasteiger partial charge in [-0.15, -0.1) is 0 Å². The second-order valence-corrected chi connectivity index (χ2v) is 9.24. The van der Waals surface area contributed by atoms with Crippen LogP contribution in [-0.2, 0) is 4.79 Å². The molecule has 1 atom stereocenters. The molecule has 3 aromatic carbocycles. The number of aliphatic hydroxyl groups excluding tert-OH is 1. The Kier molecular flexibility index (Phi) is 6.03. The summed E-state index contributed by atoms with van der Waals surface area (Å²) in [4.78, 5) is 15.1. The fourth-order valence-corrected chi connectivity index (χ4v) is 5.14. The first kappa shape index (κ1) is 23.1. The molecule has 0 saturated heterocycles. The molecule has 5 rings (SSSR count). The molecule has 2 N–H and O–H groups in total. The molecule has 0 spiro atoms. The number of nitrogens with zero attached hydrogens (tertiary/aromatic N) is 1. The van der Waals surface area contributed by atoms with Gasteiger partial charge in [0.2, 0.25) is 0 Å². The van der Waals surface area contributed by atoms with E-state index in [1.807, 2.05) is 25.1 Å². The topological polar surface area (TPSA) is 64.4 Å². The molecule has 35 heavy (non-hydrogen) atoms. The Morgan fingerprint density at radius 1 is 1.06 bits per heavy atom. The lowest BCUT2D eigenvalue weighted by Crippen LogP contribution is -2.42. The highest BCUT2D eigenvalue weighted by atomic mass is 35.5. The highest BCUT2D eigenvalue weighted by Gasteiger charge is 2.44. The van der Waals surface area contributed by atoms with Crippen LogP contribution in [0.4, 0.5) is 10.1 Å². The molecule has 6 heteroatoms. The minimum absolute atomic E-state index is 0.00650. The van der Waals surface area contributed by atoms with Crippen LogP contribution >= 0.6 is 11.6 Å². The second kappa shape index (κ2) is 9.16. The summed E-state index contributed by atoms with van der Waals surface area (Å²) >= 11 is 6.43. The molecule has 0 amide bonds. The van der Waals surface area contributed by atoms with Gasteiger partial charge < -0.3 is 5.11 Å². The van der Waals surface area contributed by atoms with Gasteiger partial charge in [-0.3, -0.25) is 15.1 Å². The number of nitrogens with one attached hydrogen (secondary N) is 1. The van der Waals surface area contributed by atoms with Crippen molar-refractivity contribution in [2.45, 2.75) is 32.1 Å². The van der Waals surface area contributed by atoms with E-state index >= 15 is 4.39 Å². The van der Waals surface area contributed by atoms with Crippen molar-refractivity contribution in [1.29, 1.82) is 5.41 Å². The summed E-state index contributed by atoms with van der Waals surface area (Å²) in [6, 6.07) is 20.6. The smallest absolute Gasteiger partial charge is 0.161 e. The van der Waals surface area contributed by atoms with Crippen molar-refractivity contribution in [1.82, 2.24) is 0 Å². The lowest BCUT2D eigenvalue weighted by atomic mass is 9.73. The number of hydrogen-bond acceptors (Lipinski definition) is 3. The van der Waals surface area contributed by atoms with E-state index < -0.39 is 11.7 Å². The van der Waals surface area contributed by atoms with Crippen LogP contribution in [0.25, 0.3) is 5.76 Å². The maximum atomic E-state index is 15.2. The molecule has 0 fully saturated rings. The SMILES string of the molecule is Cc1ccc(N2C(=N)/C(=C(/O)c3ccccc3)C(c3ccccc3F)C3=C2CCCC3=O)cc1Cl. The number of benzene rings is 3. The molecule has 176 valence electrons. The fourth-order valence-electron chi connectivity index (χ4n) is 4.97. The van der Waals surface area contributed by atoms with Crippen molar-refractivity contribution in [3.63, 3.8) is 0 Å². The largest absolute Gasteiger partial charge is 0.507 e. The number of carbonyl (C=O) groups is 1. The maximum absolute atomic E-state index is 15.2. The van der Waals surface area contributed by atoms with E-state index in [-0.39, 0.29) is 28.5 Å². The van der Waals surface area contributed by atoms with Crippen LogP contribution in [0.15, 0.2) is 89.6 Å². The summed E-state index contributed by atoms with van der Waals surface area (Å²) in [6.45, 7) is 1.89. The molecule has 0 bridgehead atoms. The number of amidine groups is 1. The van der Waals surface area contributed by atoms with Crippen molar-refractivity contribution in [2.75, 3.05) is 4.90 Å². The lowest BCUT2D eigenvalue weighted by molar-refractivity contribution is -0.116. The number of carbonyl (C=O) groups excluding carboxylic acids is 1. The Morgan fingerprint density at radius 3 is 2.49 bits per heavy atom. The third kappa shape index (κ3) is 3.96. The summed E-state index contributed by atoms with van der Waals surface area (Å²) < 4.78 is 15.2. The highest BCUT2D eigenvalue weighted by Crippen LogP contribution is 2.48. The zero-order valence-corrected chi connectivity index (χ0v) is 19.9. The monoisotopic (exact) mass is 486 g/mol. The summed E-state index contributed by atoms with van der Waals surface area (Å²) in [7, 11) is 0. The molecule has 3 aromatic rings. The lowest BCUT2D eigenvalue weighted by Gasteiger charge is -2.42. The molecule has 1 unspecified atom stereocenters. The maximum Gasteiger partial charge on any atom is 0.161 e. The summed E-state index contributed by atoms with van der Waals surface area (Å²) in [5, 5.41) is 21.3. The van der Waals surface area contributed by atoms with Crippen molar-refractivity contribution >= 4 is 34.7 Å². The molecular formula is C29H24ClFN2O2. The molecule has 2 aliphatic rings. The van der Waals surface area contributed by atoms with Gasteiger partial charge in [-0.05, 0) is 43.5 Å². The van der Waals surface area contributed by atoms with Gasteiger partial charge in [-0.1, -0.05) is 66.2 Å². The molecule has 1 aliphatic heterocycles. The molecule has 1 heterocycles. The number of Topliss-reactive ketones (excluding diaryl/α,β-unsaturated/α-hetero) is 1. The number of aliphatic hydroxyl groups is 1. The molecule has 4 nitrogen and oxygen atoms in total. The Balaban J connectivity index is 1.85. The van der Waals surface area contributed by atoms with Crippen molar-refractivity contribution < 1.29 is 14.3 Å². The summed E-state index contributed by atoms with van der Waals surface area (Å²) in [5.41, 5.74) is 3.53. The van der Waals surface area contributed by atoms with Crippen LogP contribution in [-0.4, -0.2) is 16.7 Å². The molecule has 0 aromatic heterocycles. The van der Waals surface area contributed by atoms with E-state index in [1.54, 1.807) is 53.4 Å². The zero-order chi connectivity index (χ0) is 24.7. The molecule has 0 saturated carbocycles. The number of hydrogen-bond donors (Lipinski definition) is 2. The Labute approximate surface area is 208 Å². The number of anilines is 1. The van der Waals surface area contributed by atoms with Crippen LogP contribution in [0.3, 0.4) is 0 Å². The van der Waals surface area contributed by atoms with Gasteiger partial charge in [0, 0.05) is 51.0 Å². The normalized spacial score (nSPS) is 19.6. The highest BCUT2D eigenvalue weighted by molar-refractivity contribution is 6.32. The average molecular weight is 487 g/mol. The second-order valence-electron chi connectivity index (χ2n) is 8.84. The average Bonchev–Trinajstić information content (AvgIpc) is 2.86. The molecule has 0 radical (unpaired) electrons. The van der Waals surface area contributed by atoms with Gasteiger partial charge in [-0.2, -0.15) is 0 Å². The van der Waals surface area contributed by atoms with E-state index in [1.165, 1.54) is 6.07 Å². The zero-order valence-electron chi connectivity index (χ0n) is 19.2. The summed E-state index contributed by atoms with van der Waals surface area (Å²) in [5.74, 6) is -1.65. The van der Waals surface area contributed by atoms with Crippen LogP contribution < -0.4 is 4.90 Å². The number of allylic oxidation sites excluding steroid dienone is 2. The van der Waals surface area contributed by atoms with Crippen molar-refractivity contribution in [3.05, 3.63) is 117 Å². The first-order valence-corrected chi connectivity index (χ1v) is 11.9. The van der Waals surface area contributed by atoms with Crippen LogP contribution in [0, 0.1) is 18.2 Å². The van der Waals surface area contributed by atoms with E-state index in [4.69, 9.17) is 11.6 Å². The van der Waals surface area contributed by atoms with Crippen LogP contribution in [0.1, 0.15) is 41.9 Å². The van der Waals surface area contributed by atoms with Gasteiger partial charge in [0.15, 0.2) is 5.78 Å². The van der Waals surface area contributed by atoms with E-state index in [9.17, 15) is 15.3 Å². The third-order valence-corrected chi connectivity index (χ3v) is 7.09. The Morgan fingerprint density at radius 2 is 1.77 bits per heavy atom. The quantitative estimate of drug-likeness (QED) is 0.380. The van der Waals surface area contributed by atoms with E-state index in [0.29, 0.717) is 46.8 Å². The van der Waals surface area contributed by atoms with Gasteiger partial charge in [0.1, 0.15) is 17.4 Å². The van der Waals surface area contributed by atoms with Crippen LogP contribution in [0.2, 0.25) is 5.02 Å². The number of halogens is 2. The predicted molar refractivity (Wildman–Crippen MR) is 137 cm³/mol. The number of rotatable bonds is 3. The Bertz CT molecular complexity index is 1410. The Hall–Kier alpha value is -3.70. The molecule has 1 aliphatic carbocycles. The predicted octanol–water partition coefficient (Wildman–Crippen LogP) is 7.34. The minimum atomic E-state index is -0.899. The van der Waals surface area contributed by atoms with Gasteiger partial charge in [-0.25, -0.2) is 4.39 Å². The van der Waals surface area contributed by atoms with Gasteiger partial charge >= 0.3 is 0 Å². The number of ketones is 1. The fraction of sp³-hybridized carbons (Fsp3) is 0.172. The van der Waals surface area contributed by atoms with E-state index in [2.05, 4.69) is 0 Å². The third-order valence-electron chi connectivity index (χ3n) is 6.69. The van der Waals surface area contributed by atoms with Gasteiger partial charge in [0.05, 0.1) is 0 Å².